The fraction of sp³-hybridized carbons (Fsp3) is 0.200. The van der Waals surface area contributed by atoms with Gasteiger partial charge in [0.05, 0.1) is 5.69 Å². The number of anilines is 1. The molecule has 0 unspecified atom stereocenters. The van der Waals surface area contributed by atoms with Crippen LogP contribution in [0.1, 0.15) is 12.0 Å². The molecule has 2 rings (SSSR count). The summed E-state index contributed by atoms with van der Waals surface area (Å²) >= 11 is 0. The summed E-state index contributed by atoms with van der Waals surface area (Å²) in [7, 11) is 1.65. The van der Waals surface area contributed by atoms with Gasteiger partial charge in [-0.3, -0.25) is 9.59 Å². The van der Waals surface area contributed by atoms with Crippen LogP contribution in [0.5, 0.6) is 0 Å². The molecule has 0 bridgehead atoms. The Labute approximate surface area is 111 Å². The first kappa shape index (κ1) is 13.1. The van der Waals surface area contributed by atoms with E-state index in [4.69, 9.17) is 0 Å². The van der Waals surface area contributed by atoms with Crippen LogP contribution in [-0.2, 0) is 18.3 Å². The van der Waals surface area contributed by atoms with Crippen LogP contribution >= 0.6 is 0 Å². The number of benzene rings is 1. The van der Waals surface area contributed by atoms with Gasteiger partial charge in [0.2, 0.25) is 11.5 Å². The number of hydrogen-bond acceptors (Lipinski definition) is 2. The number of carbonyl (C=O) groups is 1. The number of hydrogen-bond donors (Lipinski definition) is 1. The van der Waals surface area contributed by atoms with E-state index in [1.807, 2.05) is 30.3 Å². The van der Waals surface area contributed by atoms with Crippen LogP contribution in [-0.4, -0.2) is 10.5 Å². The Kier molecular flexibility index (Phi) is 4.13. The summed E-state index contributed by atoms with van der Waals surface area (Å²) in [6, 6.07) is 12.9. The van der Waals surface area contributed by atoms with Crippen molar-refractivity contribution in [2.45, 2.75) is 12.8 Å². The van der Waals surface area contributed by atoms with Crippen LogP contribution in [0, 0.1) is 0 Å². The minimum atomic E-state index is -0.0951. The molecule has 0 saturated carbocycles. The van der Waals surface area contributed by atoms with Gasteiger partial charge in [0.1, 0.15) is 0 Å². The molecular formula is C15H16N2O2. The first-order valence-electron chi connectivity index (χ1n) is 6.15. The molecule has 0 spiro atoms. The molecule has 1 N–H and O–H groups in total. The number of rotatable bonds is 4. The lowest BCUT2D eigenvalue weighted by Crippen LogP contribution is -2.18. The summed E-state index contributed by atoms with van der Waals surface area (Å²) in [5.74, 6) is -0.0532. The van der Waals surface area contributed by atoms with Gasteiger partial charge in [-0.25, -0.2) is 0 Å². The van der Waals surface area contributed by atoms with Gasteiger partial charge in [0.25, 0.3) is 0 Å². The maximum atomic E-state index is 11.8. The Morgan fingerprint density at radius 2 is 1.89 bits per heavy atom. The van der Waals surface area contributed by atoms with E-state index < -0.39 is 0 Å². The number of pyridine rings is 1. The highest BCUT2D eigenvalue weighted by atomic mass is 16.1. The molecule has 4 heteroatoms. The van der Waals surface area contributed by atoms with Gasteiger partial charge in [-0.2, -0.15) is 0 Å². The van der Waals surface area contributed by atoms with Gasteiger partial charge >= 0.3 is 0 Å². The summed E-state index contributed by atoms with van der Waals surface area (Å²) < 4.78 is 1.44. The lowest BCUT2D eigenvalue weighted by atomic mass is 10.1. The third kappa shape index (κ3) is 3.81. The second-order valence-corrected chi connectivity index (χ2v) is 4.40. The summed E-state index contributed by atoms with van der Waals surface area (Å²) in [4.78, 5) is 23.0. The summed E-state index contributed by atoms with van der Waals surface area (Å²) in [5, 5.41) is 2.78. The average molecular weight is 256 g/mol. The zero-order valence-corrected chi connectivity index (χ0v) is 10.8. The molecule has 0 aliphatic rings. The second-order valence-electron chi connectivity index (χ2n) is 4.40. The van der Waals surface area contributed by atoms with E-state index in [0.717, 1.165) is 5.56 Å². The molecular weight excluding hydrogens is 240 g/mol. The predicted molar refractivity (Wildman–Crippen MR) is 75.1 cm³/mol. The molecule has 1 aromatic heterocycles. The van der Waals surface area contributed by atoms with Gasteiger partial charge in [0.15, 0.2) is 0 Å². The maximum absolute atomic E-state index is 11.8. The van der Waals surface area contributed by atoms with Crippen molar-refractivity contribution in [3.05, 3.63) is 64.6 Å². The fourth-order valence-corrected chi connectivity index (χ4v) is 1.79. The minimum Gasteiger partial charge on any atom is -0.325 e. The van der Waals surface area contributed by atoms with E-state index in [0.29, 0.717) is 18.5 Å². The van der Waals surface area contributed by atoms with Crippen molar-refractivity contribution in [2.24, 2.45) is 7.05 Å². The van der Waals surface area contributed by atoms with Crippen LogP contribution in [0.2, 0.25) is 0 Å². The Hall–Kier alpha value is -2.36. The molecule has 2 aromatic rings. The average Bonchev–Trinajstić information content (AvgIpc) is 2.42. The van der Waals surface area contributed by atoms with Crippen LogP contribution in [0.4, 0.5) is 5.69 Å². The fourth-order valence-electron chi connectivity index (χ4n) is 1.79. The summed E-state index contributed by atoms with van der Waals surface area (Å²) in [5.41, 5.74) is 1.68. The standard InChI is InChI=1S/C15H16N2O2/c1-17-11-13(8-10-15(17)19)16-14(18)9-7-12-5-3-2-4-6-12/h2-6,8,10-11H,7,9H2,1H3,(H,16,18). The van der Waals surface area contributed by atoms with Crippen molar-refractivity contribution in [1.29, 1.82) is 0 Å². The van der Waals surface area contributed by atoms with E-state index in [9.17, 15) is 9.59 Å². The van der Waals surface area contributed by atoms with E-state index in [2.05, 4.69) is 5.32 Å². The third-order valence-electron chi connectivity index (χ3n) is 2.85. The molecule has 0 saturated heterocycles. The van der Waals surface area contributed by atoms with Crippen molar-refractivity contribution >= 4 is 11.6 Å². The molecule has 0 fully saturated rings. The van der Waals surface area contributed by atoms with Gasteiger partial charge in [-0.15, -0.1) is 0 Å². The Bertz CT molecular complexity index is 618. The van der Waals surface area contributed by atoms with Gasteiger partial charge in [-0.1, -0.05) is 30.3 Å². The molecule has 0 aliphatic carbocycles. The van der Waals surface area contributed by atoms with E-state index in [1.165, 1.54) is 10.6 Å². The highest BCUT2D eigenvalue weighted by Gasteiger charge is 2.03. The molecule has 0 aliphatic heterocycles. The van der Waals surface area contributed by atoms with E-state index >= 15 is 0 Å². The Balaban J connectivity index is 1.91. The second kappa shape index (κ2) is 6.00. The number of nitrogens with zero attached hydrogens (tertiary/aromatic N) is 1. The molecule has 1 heterocycles. The monoisotopic (exact) mass is 256 g/mol. The topological polar surface area (TPSA) is 51.1 Å². The number of amides is 1. The van der Waals surface area contributed by atoms with Crippen molar-refractivity contribution in [1.82, 2.24) is 4.57 Å². The van der Waals surface area contributed by atoms with Crippen LogP contribution in [0.15, 0.2) is 53.5 Å². The van der Waals surface area contributed by atoms with Crippen molar-refractivity contribution in [2.75, 3.05) is 5.32 Å². The van der Waals surface area contributed by atoms with Gasteiger partial charge < -0.3 is 9.88 Å². The molecule has 1 amide bonds. The lowest BCUT2D eigenvalue weighted by Gasteiger charge is -2.06. The van der Waals surface area contributed by atoms with Crippen molar-refractivity contribution < 1.29 is 4.79 Å². The Morgan fingerprint density at radius 1 is 1.16 bits per heavy atom. The normalized spacial score (nSPS) is 10.2. The molecule has 4 nitrogen and oxygen atoms in total. The smallest absolute Gasteiger partial charge is 0.250 e. The molecule has 0 atom stereocenters. The molecule has 1 aromatic carbocycles. The van der Waals surface area contributed by atoms with Crippen LogP contribution in [0.3, 0.4) is 0 Å². The number of aromatic nitrogens is 1. The zero-order chi connectivity index (χ0) is 13.7. The van der Waals surface area contributed by atoms with E-state index in [1.54, 1.807) is 19.3 Å². The molecule has 98 valence electrons. The van der Waals surface area contributed by atoms with Gasteiger partial charge in [-0.05, 0) is 18.1 Å². The lowest BCUT2D eigenvalue weighted by molar-refractivity contribution is -0.116. The van der Waals surface area contributed by atoms with Crippen molar-refractivity contribution in [3.8, 4) is 0 Å². The largest absolute Gasteiger partial charge is 0.325 e. The molecule has 19 heavy (non-hydrogen) atoms. The summed E-state index contributed by atoms with van der Waals surface area (Å²) in [6.07, 6.45) is 2.74. The summed E-state index contributed by atoms with van der Waals surface area (Å²) in [6.45, 7) is 0. The van der Waals surface area contributed by atoms with Crippen LogP contribution < -0.4 is 10.9 Å². The SMILES string of the molecule is Cn1cc(NC(=O)CCc2ccccc2)ccc1=O. The molecule has 0 radical (unpaired) electrons. The Morgan fingerprint density at radius 3 is 2.58 bits per heavy atom. The highest BCUT2D eigenvalue weighted by molar-refractivity contribution is 5.90. The number of aryl methyl sites for hydroxylation is 2. The van der Waals surface area contributed by atoms with Crippen molar-refractivity contribution in [3.63, 3.8) is 0 Å². The first-order valence-corrected chi connectivity index (χ1v) is 6.15. The zero-order valence-electron chi connectivity index (χ0n) is 10.8. The van der Waals surface area contributed by atoms with Gasteiger partial charge in [0, 0.05) is 25.7 Å². The van der Waals surface area contributed by atoms with E-state index in [-0.39, 0.29) is 11.5 Å². The first-order chi connectivity index (χ1) is 9.15. The quantitative estimate of drug-likeness (QED) is 0.909. The number of carbonyl (C=O) groups excluding carboxylic acids is 1. The number of nitrogens with one attached hydrogen (secondary N) is 1. The third-order valence-corrected chi connectivity index (χ3v) is 2.85. The highest BCUT2D eigenvalue weighted by Crippen LogP contribution is 2.06. The minimum absolute atomic E-state index is 0.0532. The van der Waals surface area contributed by atoms with Crippen LogP contribution in [0.25, 0.3) is 0 Å². The predicted octanol–water partition coefficient (Wildman–Crippen LogP) is 1.96. The maximum Gasteiger partial charge on any atom is 0.250 e.